The Hall–Kier alpha value is -3.67. The molecule has 4 aromatic rings. The lowest BCUT2D eigenvalue weighted by molar-refractivity contribution is 0.415. The Morgan fingerprint density at radius 1 is 0.963 bits per heavy atom. The third kappa shape index (κ3) is 3.50. The van der Waals surface area contributed by atoms with Gasteiger partial charge in [0.25, 0.3) is 0 Å². The molecule has 0 aliphatic carbocycles. The number of anilines is 2. The van der Waals surface area contributed by atoms with Crippen molar-refractivity contribution in [2.24, 2.45) is 0 Å². The number of methoxy groups -OCH3 is 1. The Bertz CT molecular complexity index is 1150. The van der Waals surface area contributed by atoms with Crippen molar-refractivity contribution in [2.45, 2.75) is 6.92 Å². The third-order valence-electron chi connectivity index (χ3n) is 4.17. The summed E-state index contributed by atoms with van der Waals surface area (Å²) in [6, 6.07) is 18.0. The van der Waals surface area contributed by atoms with E-state index in [2.05, 4.69) is 15.5 Å². The molecule has 0 amide bonds. The summed E-state index contributed by atoms with van der Waals surface area (Å²) in [4.78, 5) is 12.4. The molecule has 0 aliphatic heterocycles. The van der Waals surface area contributed by atoms with Crippen LogP contribution in [0.1, 0.15) is 5.69 Å². The molecule has 0 radical (unpaired) electrons. The summed E-state index contributed by atoms with van der Waals surface area (Å²) in [5.74, 6) is 1.80. The van der Waals surface area contributed by atoms with Crippen LogP contribution in [-0.4, -0.2) is 17.3 Å². The van der Waals surface area contributed by atoms with E-state index in [4.69, 9.17) is 9.15 Å². The zero-order valence-electron chi connectivity index (χ0n) is 14.9. The first-order valence-electron chi connectivity index (χ1n) is 8.42. The summed E-state index contributed by atoms with van der Waals surface area (Å²) in [6.45, 7) is 1.89. The largest absolute Gasteiger partial charge is 0.497 e. The van der Waals surface area contributed by atoms with Crippen molar-refractivity contribution in [2.75, 3.05) is 12.4 Å². The van der Waals surface area contributed by atoms with Crippen molar-refractivity contribution in [3.05, 3.63) is 76.6 Å². The molecule has 27 heavy (non-hydrogen) atoms. The molecular formula is C21H17N3O3. The van der Waals surface area contributed by atoms with Crippen molar-refractivity contribution >= 4 is 22.5 Å². The minimum Gasteiger partial charge on any atom is -0.497 e. The number of hydrogen-bond donors (Lipinski definition) is 1. The lowest BCUT2D eigenvalue weighted by Gasteiger charge is -2.07. The SMILES string of the molecule is COc1ccc2oc(-c3ccc(Nc4ccc(C)nn4)cc3)cc(=O)c2c1. The number of hydrogen-bond acceptors (Lipinski definition) is 6. The summed E-state index contributed by atoms with van der Waals surface area (Å²) >= 11 is 0. The average Bonchev–Trinajstić information content (AvgIpc) is 2.70. The molecule has 6 nitrogen and oxygen atoms in total. The first-order chi connectivity index (χ1) is 13.1. The summed E-state index contributed by atoms with van der Waals surface area (Å²) in [5, 5.41) is 11.8. The second-order valence-electron chi connectivity index (χ2n) is 6.10. The van der Waals surface area contributed by atoms with Crippen LogP contribution in [0.3, 0.4) is 0 Å². The molecule has 0 saturated heterocycles. The summed E-state index contributed by atoms with van der Waals surface area (Å²) < 4.78 is 11.1. The standard InChI is InChI=1S/C21H17N3O3/c1-13-3-10-21(24-23-13)22-15-6-4-14(5-7-15)20-12-18(25)17-11-16(26-2)8-9-19(17)27-20/h3-12H,1-2H3,(H,22,24). The normalized spacial score (nSPS) is 10.7. The average molecular weight is 359 g/mol. The van der Waals surface area contributed by atoms with Crippen LogP contribution in [0, 0.1) is 6.92 Å². The number of aryl methyl sites for hydroxylation is 1. The molecule has 0 aliphatic rings. The van der Waals surface area contributed by atoms with Crippen LogP contribution in [0.4, 0.5) is 11.5 Å². The molecule has 0 fully saturated rings. The molecule has 0 spiro atoms. The number of benzene rings is 2. The van der Waals surface area contributed by atoms with Crippen LogP contribution < -0.4 is 15.5 Å². The first kappa shape index (κ1) is 16.8. The van der Waals surface area contributed by atoms with Crippen molar-refractivity contribution < 1.29 is 9.15 Å². The van der Waals surface area contributed by atoms with E-state index >= 15 is 0 Å². The first-order valence-corrected chi connectivity index (χ1v) is 8.42. The van der Waals surface area contributed by atoms with E-state index in [9.17, 15) is 4.79 Å². The lowest BCUT2D eigenvalue weighted by atomic mass is 10.1. The maximum absolute atomic E-state index is 12.4. The van der Waals surface area contributed by atoms with Crippen LogP contribution in [0.25, 0.3) is 22.3 Å². The topological polar surface area (TPSA) is 77.2 Å². The van der Waals surface area contributed by atoms with E-state index in [0.717, 1.165) is 16.9 Å². The quantitative estimate of drug-likeness (QED) is 0.585. The highest BCUT2D eigenvalue weighted by atomic mass is 16.5. The van der Waals surface area contributed by atoms with Gasteiger partial charge in [-0.05, 0) is 61.5 Å². The molecule has 0 unspecified atom stereocenters. The van der Waals surface area contributed by atoms with Gasteiger partial charge in [0.1, 0.15) is 17.1 Å². The molecular weight excluding hydrogens is 342 g/mol. The second kappa shape index (κ2) is 6.92. The maximum atomic E-state index is 12.4. The van der Waals surface area contributed by atoms with Gasteiger partial charge in [-0.2, -0.15) is 5.10 Å². The lowest BCUT2D eigenvalue weighted by Crippen LogP contribution is -2.01. The molecule has 2 heterocycles. The van der Waals surface area contributed by atoms with Crippen LogP contribution in [0.2, 0.25) is 0 Å². The van der Waals surface area contributed by atoms with Crippen molar-refractivity contribution in [1.82, 2.24) is 10.2 Å². The fraction of sp³-hybridized carbons (Fsp3) is 0.0952. The highest BCUT2D eigenvalue weighted by molar-refractivity contribution is 5.80. The highest BCUT2D eigenvalue weighted by Crippen LogP contribution is 2.26. The highest BCUT2D eigenvalue weighted by Gasteiger charge is 2.08. The molecule has 6 heteroatoms. The predicted molar refractivity (Wildman–Crippen MR) is 105 cm³/mol. The number of rotatable bonds is 4. The second-order valence-corrected chi connectivity index (χ2v) is 6.10. The van der Waals surface area contributed by atoms with E-state index in [1.165, 1.54) is 6.07 Å². The van der Waals surface area contributed by atoms with Gasteiger partial charge in [0.15, 0.2) is 11.2 Å². The van der Waals surface area contributed by atoms with Gasteiger partial charge in [-0.15, -0.1) is 5.10 Å². The van der Waals surface area contributed by atoms with E-state index in [0.29, 0.717) is 28.3 Å². The molecule has 2 aromatic heterocycles. The minimum absolute atomic E-state index is 0.109. The van der Waals surface area contributed by atoms with Gasteiger partial charge < -0.3 is 14.5 Å². The van der Waals surface area contributed by atoms with E-state index in [1.807, 2.05) is 43.3 Å². The Morgan fingerprint density at radius 3 is 2.48 bits per heavy atom. The Morgan fingerprint density at radius 2 is 1.78 bits per heavy atom. The smallest absolute Gasteiger partial charge is 0.193 e. The molecule has 134 valence electrons. The summed E-state index contributed by atoms with van der Waals surface area (Å²) in [6.07, 6.45) is 0. The van der Waals surface area contributed by atoms with E-state index in [-0.39, 0.29) is 5.43 Å². The van der Waals surface area contributed by atoms with E-state index < -0.39 is 0 Å². The number of nitrogens with one attached hydrogen (secondary N) is 1. The van der Waals surface area contributed by atoms with Crippen LogP contribution >= 0.6 is 0 Å². The van der Waals surface area contributed by atoms with Gasteiger partial charge in [0.05, 0.1) is 18.2 Å². The van der Waals surface area contributed by atoms with Crippen molar-refractivity contribution in [3.8, 4) is 17.1 Å². The number of ether oxygens (including phenoxy) is 1. The van der Waals surface area contributed by atoms with Gasteiger partial charge in [-0.25, -0.2) is 0 Å². The van der Waals surface area contributed by atoms with Gasteiger partial charge in [-0.1, -0.05) is 0 Å². The Balaban J connectivity index is 1.63. The minimum atomic E-state index is -0.109. The monoisotopic (exact) mass is 359 g/mol. The molecule has 0 bridgehead atoms. The Labute approximate surface area is 155 Å². The molecule has 2 aromatic carbocycles. The zero-order valence-corrected chi connectivity index (χ0v) is 14.9. The summed E-state index contributed by atoms with van der Waals surface area (Å²) in [7, 11) is 1.56. The van der Waals surface area contributed by atoms with Gasteiger partial charge in [0.2, 0.25) is 0 Å². The molecule has 1 N–H and O–H groups in total. The summed E-state index contributed by atoms with van der Waals surface area (Å²) in [5.41, 5.74) is 2.95. The number of fused-ring (bicyclic) bond motifs is 1. The molecule has 0 saturated carbocycles. The zero-order chi connectivity index (χ0) is 18.8. The molecule has 4 rings (SSSR count). The van der Waals surface area contributed by atoms with Gasteiger partial charge in [0, 0.05) is 17.3 Å². The van der Waals surface area contributed by atoms with Crippen LogP contribution in [0.15, 0.2) is 69.9 Å². The molecule has 0 atom stereocenters. The Kier molecular flexibility index (Phi) is 4.30. The number of aromatic nitrogens is 2. The number of nitrogens with zero attached hydrogens (tertiary/aromatic N) is 2. The van der Waals surface area contributed by atoms with Gasteiger partial charge in [-0.3, -0.25) is 4.79 Å². The maximum Gasteiger partial charge on any atom is 0.193 e. The van der Waals surface area contributed by atoms with Crippen molar-refractivity contribution in [1.29, 1.82) is 0 Å². The predicted octanol–water partition coefficient (Wildman–Crippen LogP) is 4.31. The van der Waals surface area contributed by atoms with Crippen LogP contribution in [-0.2, 0) is 0 Å². The van der Waals surface area contributed by atoms with Gasteiger partial charge >= 0.3 is 0 Å². The fourth-order valence-electron chi connectivity index (χ4n) is 2.74. The third-order valence-corrected chi connectivity index (χ3v) is 4.17. The fourth-order valence-corrected chi connectivity index (χ4v) is 2.74. The van der Waals surface area contributed by atoms with Crippen molar-refractivity contribution in [3.63, 3.8) is 0 Å². The van der Waals surface area contributed by atoms with E-state index in [1.54, 1.807) is 25.3 Å². The van der Waals surface area contributed by atoms with Crippen LogP contribution in [0.5, 0.6) is 5.75 Å².